The SMILES string of the molecule is CCc1oc2ccccc2c1C(N)c1sccc1C. The Morgan fingerprint density at radius 1 is 1.26 bits per heavy atom. The standard InChI is InChI=1S/C16H17NOS/c1-3-12-14(11-6-4-5-7-13(11)18-12)15(17)16-10(2)8-9-19-16/h4-9,15H,3,17H2,1-2H3. The zero-order valence-corrected chi connectivity index (χ0v) is 12.0. The Balaban J connectivity index is 2.21. The van der Waals surface area contributed by atoms with E-state index in [4.69, 9.17) is 10.2 Å². The Morgan fingerprint density at radius 3 is 2.74 bits per heavy atom. The lowest BCUT2D eigenvalue weighted by molar-refractivity contribution is 0.547. The summed E-state index contributed by atoms with van der Waals surface area (Å²) in [5.74, 6) is 1.00. The van der Waals surface area contributed by atoms with Gasteiger partial charge in [0.15, 0.2) is 0 Å². The van der Waals surface area contributed by atoms with Crippen LogP contribution in [0.25, 0.3) is 11.0 Å². The lowest BCUT2D eigenvalue weighted by Gasteiger charge is -2.11. The van der Waals surface area contributed by atoms with E-state index in [1.54, 1.807) is 11.3 Å². The van der Waals surface area contributed by atoms with Crippen molar-refractivity contribution in [3.05, 3.63) is 57.5 Å². The summed E-state index contributed by atoms with van der Waals surface area (Å²) in [6.07, 6.45) is 0.863. The Kier molecular flexibility index (Phi) is 3.17. The summed E-state index contributed by atoms with van der Waals surface area (Å²) in [6, 6.07) is 10.2. The van der Waals surface area contributed by atoms with Gasteiger partial charge in [-0.1, -0.05) is 25.1 Å². The van der Waals surface area contributed by atoms with Crippen LogP contribution in [0.1, 0.15) is 34.7 Å². The maximum absolute atomic E-state index is 6.50. The first-order valence-electron chi connectivity index (χ1n) is 6.52. The Bertz CT molecular complexity index is 710. The summed E-state index contributed by atoms with van der Waals surface area (Å²) in [6.45, 7) is 4.22. The summed E-state index contributed by atoms with van der Waals surface area (Å²) in [7, 11) is 0. The first kappa shape index (κ1) is 12.5. The molecule has 0 aliphatic carbocycles. The largest absolute Gasteiger partial charge is 0.461 e. The number of rotatable bonds is 3. The lowest BCUT2D eigenvalue weighted by atomic mass is 9.99. The molecule has 2 nitrogen and oxygen atoms in total. The number of nitrogens with two attached hydrogens (primary N) is 1. The van der Waals surface area contributed by atoms with Crippen molar-refractivity contribution in [1.82, 2.24) is 0 Å². The minimum absolute atomic E-state index is 0.0985. The normalized spacial score (nSPS) is 13.0. The number of benzene rings is 1. The third-order valence-corrected chi connectivity index (χ3v) is 4.63. The molecule has 0 aliphatic rings. The van der Waals surface area contributed by atoms with Crippen LogP contribution in [0.15, 0.2) is 40.1 Å². The topological polar surface area (TPSA) is 39.2 Å². The number of thiophene rings is 1. The van der Waals surface area contributed by atoms with E-state index in [9.17, 15) is 0 Å². The maximum Gasteiger partial charge on any atom is 0.134 e. The molecule has 0 amide bonds. The molecule has 1 atom stereocenters. The van der Waals surface area contributed by atoms with Crippen LogP contribution in [0.4, 0.5) is 0 Å². The fourth-order valence-corrected chi connectivity index (χ4v) is 3.49. The molecule has 1 unspecified atom stereocenters. The summed E-state index contributed by atoms with van der Waals surface area (Å²) in [5, 5.41) is 3.23. The second-order valence-corrected chi connectivity index (χ2v) is 5.68. The number of para-hydroxylation sites is 1. The van der Waals surface area contributed by atoms with E-state index < -0.39 is 0 Å². The van der Waals surface area contributed by atoms with Crippen molar-refractivity contribution >= 4 is 22.3 Å². The van der Waals surface area contributed by atoms with E-state index in [1.165, 1.54) is 10.4 Å². The van der Waals surface area contributed by atoms with Crippen LogP contribution < -0.4 is 5.73 Å². The van der Waals surface area contributed by atoms with Gasteiger partial charge in [-0.05, 0) is 30.0 Å². The molecule has 3 heteroatoms. The van der Waals surface area contributed by atoms with Crippen molar-refractivity contribution in [3.63, 3.8) is 0 Å². The van der Waals surface area contributed by atoms with Crippen LogP contribution in [0.5, 0.6) is 0 Å². The molecule has 0 saturated carbocycles. The zero-order valence-electron chi connectivity index (χ0n) is 11.1. The van der Waals surface area contributed by atoms with Gasteiger partial charge >= 0.3 is 0 Å². The molecule has 0 saturated heterocycles. The third kappa shape index (κ3) is 1.99. The van der Waals surface area contributed by atoms with Crippen LogP contribution in [0.3, 0.4) is 0 Å². The molecule has 19 heavy (non-hydrogen) atoms. The van der Waals surface area contributed by atoms with Gasteiger partial charge in [-0.15, -0.1) is 11.3 Å². The average molecular weight is 271 g/mol. The average Bonchev–Trinajstić information content (AvgIpc) is 3.01. The van der Waals surface area contributed by atoms with Crippen LogP contribution in [0.2, 0.25) is 0 Å². The highest BCUT2D eigenvalue weighted by Gasteiger charge is 2.22. The molecule has 3 aromatic rings. The second-order valence-electron chi connectivity index (χ2n) is 4.73. The summed E-state index contributed by atoms with van der Waals surface area (Å²) in [5.41, 5.74) is 9.83. The fraction of sp³-hybridized carbons (Fsp3) is 0.250. The van der Waals surface area contributed by atoms with Crippen molar-refractivity contribution in [2.75, 3.05) is 0 Å². The summed E-state index contributed by atoms with van der Waals surface area (Å²) < 4.78 is 5.93. The van der Waals surface area contributed by atoms with Crippen LogP contribution in [0, 0.1) is 6.92 Å². The molecule has 2 N–H and O–H groups in total. The van der Waals surface area contributed by atoms with Crippen molar-refractivity contribution in [2.24, 2.45) is 5.73 Å². The highest BCUT2D eigenvalue weighted by Crippen LogP contribution is 2.36. The molecule has 0 fully saturated rings. The predicted octanol–water partition coefficient (Wildman–Crippen LogP) is 4.41. The monoisotopic (exact) mass is 271 g/mol. The lowest BCUT2D eigenvalue weighted by Crippen LogP contribution is -2.12. The quantitative estimate of drug-likeness (QED) is 0.766. The Labute approximate surface area is 116 Å². The van der Waals surface area contributed by atoms with Gasteiger partial charge in [-0.3, -0.25) is 0 Å². The van der Waals surface area contributed by atoms with Crippen LogP contribution in [-0.4, -0.2) is 0 Å². The highest BCUT2D eigenvalue weighted by molar-refractivity contribution is 7.10. The van der Waals surface area contributed by atoms with E-state index in [0.29, 0.717) is 0 Å². The molecule has 3 rings (SSSR count). The van der Waals surface area contributed by atoms with E-state index in [1.807, 2.05) is 18.2 Å². The number of hydrogen-bond donors (Lipinski definition) is 1. The van der Waals surface area contributed by atoms with Gasteiger partial charge in [0.1, 0.15) is 11.3 Å². The van der Waals surface area contributed by atoms with Gasteiger partial charge < -0.3 is 10.2 Å². The second kappa shape index (κ2) is 4.83. The molecule has 98 valence electrons. The van der Waals surface area contributed by atoms with E-state index in [2.05, 4.69) is 31.4 Å². The van der Waals surface area contributed by atoms with Crippen LogP contribution in [-0.2, 0) is 6.42 Å². The van der Waals surface area contributed by atoms with Gasteiger partial charge in [0, 0.05) is 22.2 Å². The minimum Gasteiger partial charge on any atom is -0.461 e. The highest BCUT2D eigenvalue weighted by atomic mass is 32.1. The first-order chi connectivity index (χ1) is 9.22. The molecule has 0 aliphatic heterocycles. The van der Waals surface area contributed by atoms with Gasteiger partial charge in [0.05, 0.1) is 6.04 Å². The summed E-state index contributed by atoms with van der Waals surface area (Å²) in [4.78, 5) is 1.22. The molecule has 2 heterocycles. The Hall–Kier alpha value is -1.58. The molecular formula is C16H17NOS. The molecule has 0 spiro atoms. The third-order valence-electron chi connectivity index (χ3n) is 3.53. The number of aryl methyl sites for hydroxylation is 2. The number of fused-ring (bicyclic) bond motifs is 1. The van der Waals surface area contributed by atoms with E-state index in [0.717, 1.165) is 28.7 Å². The zero-order chi connectivity index (χ0) is 13.4. The van der Waals surface area contributed by atoms with E-state index in [-0.39, 0.29) is 6.04 Å². The minimum atomic E-state index is -0.0985. The van der Waals surface area contributed by atoms with Crippen molar-refractivity contribution < 1.29 is 4.42 Å². The molecule has 2 aromatic heterocycles. The van der Waals surface area contributed by atoms with Gasteiger partial charge in [0.25, 0.3) is 0 Å². The van der Waals surface area contributed by atoms with Crippen molar-refractivity contribution in [3.8, 4) is 0 Å². The Morgan fingerprint density at radius 2 is 2.05 bits per heavy atom. The van der Waals surface area contributed by atoms with Gasteiger partial charge in [-0.2, -0.15) is 0 Å². The van der Waals surface area contributed by atoms with Gasteiger partial charge in [0.2, 0.25) is 0 Å². The number of furan rings is 1. The maximum atomic E-state index is 6.50. The van der Waals surface area contributed by atoms with Crippen LogP contribution >= 0.6 is 11.3 Å². The number of hydrogen-bond acceptors (Lipinski definition) is 3. The molecule has 0 radical (unpaired) electrons. The first-order valence-corrected chi connectivity index (χ1v) is 7.40. The molecule has 0 bridgehead atoms. The molecule has 1 aromatic carbocycles. The predicted molar refractivity (Wildman–Crippen MR) is 80.7 cm³/mol. The smallest absolute Gasteiger partial charge is 0.134 e. The summed E-state index contributed by atoms with van der Waals surface area (Å²) >= 11 is 1.72. The van der Waals surface area contributed by atoms with Crippen molar-refractivity contribution in [1.29, 1.82) is 0 Å². The van der Waals surface area contributed by atoms with Crippen molar-refractivity contribution in [2.45, 2.75) is 26.3 Å². The van der Waals surface area contributed by atoms with E-state index >= 15 is 0 Å². The fourth-order valence-electron chi connectivity index (χ4n) is 2.55. The molecular weight excluding hydrogens is 254 g/mol. The van der Waals surface area contributed by atoms with Gasteiger partial charge in [-0.25, -0.2) is 0 Å².